The van der Waals surface area contributed by atoms with Crippen molar-refractivity contribution in [3.63, 3.8) is 0 Å². The number of aliphatic hydroxyl groups excluding tert-OH is 1. The van der Waals surface area contributed by atoms with Gasteiger partial charge in [0.2, 0.25) is 5.75 Å². The van der Waals surface area contributed by atoms with Crippen LogP contribution in [0.1, 0.15) is 53.4 Å². The molecule has 0 aliphatic carbocycles. The molecular formula is C41H40N4O5. The van der Waals surface area contributed by atoms with Crippen molar-refractivity contribution >= 4 is 6.03 Å². The molecular weight excluding hydrogens is 628 g/mol. The maximum Gasteiger partial charge on any atom is 0.321 e. The van der Waals surface area contributed by atoms with Gasteiger partial charge in [-0.15, -0.1) is 0 Å². The van der Waals surface area contributed by atoms with E-state index in [2.05, 4.69) is 21.8 Å². The Morgan fingerprint density at radius 2 is 1.38 bits per heavy atom. The average Bonchev–Trinajstić information content (AvgIpc) is 3.48. The Bertz CT molecular complexity index is 1910. The van der Waals surface area contributed by atoms with Crippen molar-refractivity contribution in [2.75, 3.05) is 19.8 Å². The summed E-state index contributed by atoms with van der Waals surface area (Å²) >= 11 is 0. The molecule has 0 saturated carbocycles. The second kappa shape index (κ2) is 16.5. The van der Waals surface area contributed by atoms with Crippen molar-refractivity contribution in [2.45, 2.75) is 45.7 Å². The third-order valence-electron chi connectivity index (χ3n) is 8.27. The molecule has 1 N–H and O–H groups in total. The number of amides is 2. The number of ether oxygens (including phenoxy) is 3. The summed E-state index contributed by atoms with van der Waals surface area (Å²) in [7, 11) is 0. The summed E-state index contributed by atoms with van der Waals surface area (Å²) in [5.41, 5.74) is 5.34. The molecule has 1 saturated heterocycles. The summed E-state index contributed by atoms with van der Waals surface area (Å²) in [5, 5.41) is 8.94. The van der Waals surface area contributed by atoms with E-state index >= 15 is 0 Å². The first-order valence-electron chi connectivity index (χ1n) is 16.7. The molecule has 1 fully saturated rings. The van der Waals surface area contributed by atoms with Crippen molar-refractivity contribution in [3.05, 3.63) is 149 Å². The van der Waals surface area contributed by atoms with E-state index in [0.717, 1.165) is 27.8 Å². The predicted octanol–water partition coefficient (Wildman–Crippen LogP) is 6.79. The SMILES string of the molecule is CC(C)N1C(=O)N(Cc2ncnc(OCc3ccccc3)c2OCc2ccccc2)CC1c1ccc(C#Cc2ccc(OCCO)cc2)cc1. The third-order valence-corrected chi connectivity index (χ3v) is 8.27. The largest absolute Gasteiger partial charge is 0.491 e. The van der Waals surface area contributed by atoms with Crippen molar-refractivity contribution in [3.8, 4) is 29.2 Å². The molecule has 254 valence electrons. The Labute approximate surface area is 293 Å². The smallest absolute Gasteiger partial charge is 0.321 e. The molecule has 50 heavy (non-hydrogen) atoms. The third kappa shape index (κ3) is 8.59. The molecule has 5 aromatic rings. The van der Waals surface area contributed by atoms with E-state index in [0.29, 0.717) is 42.8 Å². The van der Waals surface area contributed by atoms with Crippen LogP contribution < -0.4 is 14.2 Å². The Kier molecular flexibility index (Phi) is 11.2. The number of urea groups is 1. The maximum absolute atomic E-state index is 13.9. The Balaban J connectivity index is 1.19. The molecule has 6 rings (SSSR count). The molecule has 1 aromatic heterocycles. The first-order chi connectivity index (χ1) is 24.5. The summed E-state index contributed by atoms with van der Waals surface area (Å²) in [6, 6.07) is 35.0. The molecule has 0 radical (unpaired) electrons. The van der Waals surface area contributed by atoms with Gasteiger partial charge in [-0.1, -0.05) is 84.6 Å². The fraction of sp³-hybridized carbons (Fsp3) is 0.244. The van der Waals surface area contributed by atoms with Crippen LogP contribution in [0.3, 0.4) is 0 Å². The lowest BCUT2D eigenvalue weighted by Gasteiger charge is -2.27. The number of aliphatic hydroxyl groups is 1. The predicted molar refractivity (Wildman–Crippen MR) is 191 cm³/mol. The number of rotatable bonds is 13. The minimum absolute atomic E-state index is 0.0229. The van der Waals surface area contributed by atoms with E-state index in [1.165, 1.54) is 6.33 Å². The molecule has 1 unspecified atom stereocenters. The molecule has 2 amide bonds. The summed E-state index contributed by atoms with van der Waals surface area (Å²) in [6.45, 7) is 5.63. The van der Waals surface area contributed by atoms with Gasteiger partial charge in [-0.05, 0) is 66.9 Å². The van der Waals surface area contributed by atoms with Gasteiger partial charge in [0.15, 0.2) is 0 Å². The normalized spacial score (nSPS) is 14.0. The number of carbonyl (C=O) groups excluding carboxylic acids is 1. The molecule has 4 aromatic carbocycles. The van der Waals surface area contributed by atoms with Crippen LogP contribution in [-0.2, 0) is 19.8 Å². The highest BCUT2D eigenvalue weighted by atomic mass is 16.5. The highest BCUT2D eigenvalue weighted by Crippen LogP contribution is 2.35. The standard InChI is InChI=1S/C41H40N4O5/c1-30(2)45-38(35-19-15-31(16-20-35)13-14-32-17-21-36(22-18-32)48-24-23-46)26-44(41(45)47)25-37-39(49-27-33-9-5-3-6-10-33)40(43-29-42-37)50-28-34-11-7-4-8-12-34/h3-12,15-22,29-30,38,46H,23-28H2,1-2H3. The number of benzene rings is 4. The number of nitrogens with zero attached hydrogens (tertiary/aromatic N) is 4. The Morgan fingerprint density at radius 3 is 1.98 bits per heavy atom. The number of aromatic nitrogens is 2. The van der Waals surface area contributed by atoms with E-state index in [9.17, 15) is 4.79 Å². The molecule has 1 aliphatic heterocycles. The monoisotopic (exact) mass is 668 g/mol. The van der Waals surface area contributed by atoms with Crippen LogP contribution in [0, 0.1) is 11.8 Å². The number of hydrogen-bond donors (Lipinski definition) is 1. The lowest BCUT2D eigenvalue weighted by atomic mass is 10.0. The Hall–Kier alpha value is -5.85. The van der Waals surface area contributed by atoms with Gasteiger partial charge < -0.3 is 29.1 Å². The quantitative estimate of drug-likeness (QED) is 0.138. The zero-order chi connectivity index (χ0) is 34.7. The number of hydrogen-bond acceptors (Lipinski definition) is 7. The van der Waals surface area contributed by atoms with Crippen LogP contribution in [0.15, 0.2) is 116 Å². The molecule has 0 bridgehead atoms. The van der Waals surface area contributed by atoms with Crippen LogP contribution in [0.4, 0.5) is 4.79 Å². The fourth-order valence-electron chi connectivity index (χ4n) is 5.77. The topological polar surface area (TPSA) is 97.3 Å². The Morgan fingerprint density at radius 1 is 0.780 bits per heavy atom. The molecule has 1 aliphatic rings. The summed E-state index contributed by atoms with van der Waals surface area (Å²) in [6.07, 6.45) is 1.46. The lowest BCUT2D eigenvalue weighted by Crippen LogP contribution is -2.37. The van der Waals surface area contributed by atoms with Crippen molar-refractivity contribution < 1.29 is 24.1 Å². The zero-order valence-corrected chi connectivity index (χ0v) is 28.2. The van der Waals surface area contributed by atoms with Gasteiger partial charge in [0, 0.05) is 23.7 Å². The van der Waals surface area contributed by atoms with E-state index < -0.39 is 0 Å². The molecule has 1 atom stereocenters. The van der Waals surface area contributed by atoms with E-state index in [1.54, 1.807) is 0 Å². The van der Waals surface area contributed by atoms with Crippen LogP contribution in [-0.4, -0.2) is 56.7 Å². The van der Waals surface area contributed by atoms with E-state index in [1.807, 2.05) is 133 Å². The van der Waals surface area contributed by atoms with Gasteiger partial charge >= 0.3 is 6.03 Å². The van der Waals surface area contributed by atoms with Crippen LogP contribution in [0.5, 0.6) is 17.4 Å². The second-order valence-electron chi connectivity index (χ2n) is 12.2. The second-order valence-corrected chi connectivity index (χ2v) is 12.2. The summed E-state index contributed by atoms with van der Waals surface area (Å²) in [4.78, 5) is 26.7. The molecule has 2 heterocycles. The van der Waals surface area contributed by atoms with E-state index in [-0.39, 0.29) is 37.9 Å². The van der Waals surface area contributed by atoms with Gasteiger partial charge in [-0.2, -0.15) is 4.98 Å². The zero-order valence-electron chi connectivity index (χ0n) is 28.2. The van der Waals surface area contributed by atoms with Crippen LogP contribution >= 0.6 is 0 Å². The minimum Gasteiger partial charge on any atom is -0.491 e. The van der Waals surface area contributed by atoms with Crippen LogP contribution in [0.2, 0.25) is 0 Å². The molecule has 0 spiro atoms. The van der Waals surface area contributed by atoms with Gasteiger partial charge in [0.1, 0.15) is 37.6 Å². The van der Waals surface area contributed by atoms with Crippen molar-refractivity contribution in [2.24, 2.45) is 0 Å². The summed E-state index contributed by atoms with van der Waals surface area (Å²) < 4.78 is 17.9. The molecule has 9 nitrogen and oxygen atoms in total. The minimum atomic E-state index is -0.153. The summed E-state index contributed by atoms with van der Waals surface area (Å²) in [5.74, 6) is 7.86. The number of carbonyl (C=O) groups is 1. The van der Waals surface area contributed by atoms with Gasteiger partial charge in [0.25, 0.3) is 5.88 Å². The van der Waals surface area contributed by atoms with Gasteiger partial charge in [0.05, 0.1) is 19.2 Å². The van der Waals surface area contributed by atoms with Gasteiger partial charge in [-0.3, -0.25) is 0 Å². The van der Waals surface area contributed by atoms with Crippen molar-refractivity contribution in [1.82, 2.24) is 19.8 Å². The fourth-order valence-corrected chi connectivity index (χ4v) is 5.77. The van der Waals surface area contributed by atoms with Crippen molar-refractivity contribution in [1.29, 1.82) is 0 Å². The lowest BCUT2D eigenvalue weighted by molar-refractivity contribution is 0.171. The van der Waals surface area contributed by atoms with Gasteiger partial charge in [-0.25, -0.2) is 9.78 Å². The van der Waals surface area contributed by atoms with E-state index in [4.69, 9.17) is 19.3 Å². The highest BCUT2D eigenvalue weighted by molar-refractivity contribution is 5.78. The highest BCUT2D eigenvalue weighted by Gasteiger charge is 2.40. The first-order valence-corrected chi connectivity index (χ1v) is 16.7. The maximum atomic E-state index is 13.9. The first kappa shape index (κ1) is 34.0. The molecule has 9 heteroatoms. The van der Waals surface area contributed by atoms with Crippen LogP contribution in [0.25, 0.3) is 0 Å². The average molecular weight is 669 g/mol.